The molecule has 1 unspecified atom stereocenters. The van der Waals surface area contributed by atoms with Gasteiger partial charge in [-0.1, -0.05) is 129 Å². The summed E-state index contributed by atoms with van der Waals surface area (Å²) >= 11 is 0. The topological polar surface area (TPSA) is 3.24 Å². The number of hydrogen-bond donors (Lipinski definition) is 0. The van der Waals surface area contributed by atoms with E-state index in [1.165, 1.54) is 55.7 Å². The van der Waals surface area contributed by atoms with Crippen molar-refractivity contribution in [3.63, 3.8) is 0 Å². The number of likely N-dealkylation sites (N-methyl/N-ethyl adjacent to an activating group) is 1. The third kappa shape index (κ3) is 5.97. The van der Waals surface area contributed by atoms with Crippen molar-refractivity contribution < 1.29 is 0 Å². The Morgan fingerprint density at radius 1 is 0.833 bits per heavy atom. The molecule has 234 valence electrons. The van der Waals surface area contributed by atoms with Crippen LogP contribution in [0.25, 0.3) is 44.7 Å². The van der Waals surface area contributed by atoms with E-state index in [1.54, 1.807) is 0 Å². The first-order chi connectivity index (χ1) is 23.6. The van der Waals surface area contributed by atoms with Crippen LogP contribution in [-0.2, 0) is 0 Å². The smallest absolute Gasteiger partial charge is 0.0792 e. The van der Waals surface area contributed by atoms with Gasteiger partial charge in [0.2, 0.25) is 0 Å². The number of rotatable bonds is 11. The first kappa shape index (κ1) is 31.0. The number of benzene rings is 4. The Bertz CT molecular complexity index is 2150. The molecule has 4 aromatic carbocycles. The molecule has 0 fully saturated rings. The zero-order valence-electron chi connectivity index (χ0n) is 27.9. The summed E-state index contributed by atoms with van der Waals surface area (Å²) < 4.78 is 0. The Balaban J connectivity index is 1.19. The zero-order chi connectivity index (χ0) is 33.0. The molecule has 0 bridgehead atoms. The van der Waals surface area contributed by atoms with Crippen LogP contribution >= 0.6 is 0 Å². The normalized spacial score (nSPS) is 15.9. The van der Waals surface area contributed by atoms with Gasteiger partial charge in [-0.2, -0.15) is 0 Å². The van der Waals surface area contributed by atoms with E-state index >= 15 is 0 Å². The Labute approximate surface area is 286 Å². The highest BCUT2D eigenvalue weighted by Crippen LogP contribution is 2.47. The van der Waals surface area contributed by atoms with Gasteiger partial charge in [-0.3, -0.25) is 0 Å². The molecule has 1 atom stereocenters. The monoisotopic (exact) mass is 619 g/mol. The second kappa shape index (κ2) is 13.6. The fraction of sp³-hybridized carbons (Fsp3) is 0.128. The molecule has 0 saturated heterocycles. The van der Waals surface area contributed by atoms with Crippen molar-refractivity contribution in [2.24, 2.45) is 0 Å². The Kier molecular flexibility index (Phi) is 8.80. The van der Waals surface area contributed by atoms with Crippen LogP contribution in [0.5, 0.6) is 0 Å². The molecule has 1 nitrogen and oxygen atoms in total. The Morgan fingerprint density at radius 3 is 2.19 bits per heavy atom. The highest BCUT2D eigenvalue weighted by molar-refractivity contribution is 6.06. The molecule has 0 heterocycles. The van der Waals surface area contributed by atoms with Gasteiger partial charge >= 0.3 is 0 Å². The van der Waals surface area contributed by atoms with Crippen LogP contribution in [0, 0.1) is 0 Å². The van der Waals surface area contributed by atoms with Crippen LogP contribution in [0.1, 0.15) is 48.4 Å². The molecule has 3 aliphatic rings. The van der Waals surface area contributed by atoms with Crippen LogP contribution in [0.15, 0.2) is 176 Å². The van der Waals surface area contributed by atoms with Crippen LogP contribution in [0.3, 0.4) is 0 Å². The molecule has 0 aromatic heterocycles. The standard InChI is InChI=1S/C47H41N/c1-5-7-16-41(32-46-44-26-11-10-25-42(44)43-27-15-28-45(43)46)40-24-14-23-39(31-40)38-22-13-21-37(30-38)36-20-12-19-35(29-36)33(3)48(4)47(6-2)34-17-8-9-18-34/h6,8-17,19-26,28-32,47H,2-3,5,7,27H2,1,4H3/b41-16+,46-32-. The van der Waals surface area contributed by atoms with Gasteiger partial charge in [0, 0.05) is 18.3 Å². The minimum absolute atomic E-state index is 0.00971. The maximum absolute atomic E-state index is 4.47. The predicted octanol–water partition coefficient (Wildman–Crippen LogP) is 12.1. The molecule has 48 heavy (non-hydrogen) atoms. The fourth-order valence-corrected chi connectivity index (χ4v) is 7.04. The van der Waals surface area contributed by atoms with Gasteiger partial charge in [0.15, 0.2) is 0 Å². The van der Waals surface area contributed by atoms with Crippen molar-refractivity contribution in [1.29, 1.82) is 0 Å². The summed E-state index contributed by atoms with van der Waals surface area (Å²) in [4.78, 5) is 2.17. The van der Waals surface area contributed by atoms with Crippen LogP contribution in [0.2, 0.25) is 0 Å². The summed E-state index contributed by atoms with van der Waals surface area (Å²) in [6.45, 7) is 10.8. The number of nitrogens with zero attached hydrogens (tertiary/aromatic N) is 1. The van der Waals surface area contributed by atoms with Crippen molar-refractivity contribution in [2.75, 3.05) is 7.05 Å². The van der Waals surface area contributed by atoms with E-state index in [0.29, 0.717) is 0 Å². The van der Waals surface area contributed by atoms with E-state index < -0.39 is 0 Å². The van der Waals surface area contributed by atoms with Crippen molar-refractivity contribution >= 4 is 22.4 Å². The van der Waals surface area contributed by atoms with Gasteiger partial charge in [0.05, 0.1) is 6.04 Å². The lowest BCUT2D eigenvalue weighted by Gasteiger charge is -2.29. The number of fused-ring (bicyclic) bond motifs is 2. The van der Waals surface area contributed by atoms with Crippen molar-refractivity contribution in [2.45, 2.75) is 32.2 Å². The van der Waals surface area contributed by atoms with Crippen LogP contribution in [0.4, 0.5) is 0 Å². The quantitative estimate of drug-likeness (QED) is 0.119. The second-order valence-corrected chi connectivity index (χ2v) is 12.7. The average molecular weight is 620 g/mol. The Hall–Kier alpha value is -5.62. The molecule has 0 radical (unpaired) electrons. The average Bonchev–Trinajstić information content (AvgIpc) is 3.90. The van der Waals surface area contributed by atoms with E-state index in [0.717, 1.165) is 41.7 Å². The SMILES string of the molecule is C=CC(C1=C=CC=C1)N(C)C(=C)c1cccc(-c2cccc(-c3cccc(C(/C=C4\C5=C(CC=C5)c5ccccc54)=C/CCC)c3)c2)c1. The van der Waals surface area contributed by atoms with Gasteiger partial charge in [-0.15, -0.1) is 12.3 Å². The van der Waals surface area contributed by atoms with Crippen LogP contribution in [-0.4, -0.2) is 18.0 Å². The summed E-state index contributed by atoms with van der Waals surface area (Å²) in [5.74, 6) is 0. The minimum atomic E-state index is 0.00971. The van der Waals surface area contributed by atoms with Crippen molar-refractivity contribution in [1.82, 2.24) is 4.90 Å². The van der Waals surface area contributed by atoms with E-state index in [1.807, 2.05) is 18.2 Å². The summed E-state index contributed by atoms with van der Waals surface area (Å²) in [6.07, 6.45) is 20.6. The molecule has 1 heteroatoms. The first-order valence-electron chi connectivity index (χ1n) is 17.0. The molecule has 0 saturated carbocycles. The molecular formula is C47H41N. The van der Waals surface area contributed by atoms with Gasteiger partial charge in [-0.25, -0.2) is 0 Å². The lowest BCUT2D eigenvalue weighted by atomic mass is 9.93. The molecule has 0 spiro atoms. The van der Waals surface area contributed by atoms with E-state index in [2.05, 4.69) is 165 Å². The highest BCUT2D eigenvalue weighted by atomic mass is 15.1. The molecular weight excluding hydrogens is 579 g/mol. The lowest BCUT2D eigenvalue weighted by Crippen LogP contribution is -2.29. The number of unbranched alkanes of at least 4 members (excludes halogenated alkanes) is 1. The molecule has 0 N–H and O–H groups in total. The van der Waals surface area contributed by atoms with Gasteiger partial charge in [0.1, 0.15) is 0 Å². The first-order valence-corrected chi connectivity index (χ1v) is 17.0. The summed E-state index contributed by atoms with van der Waals surface area (Å²) in [7, 11) is 2.07. The fourth-order valence-electron chi connectivity index (χ4n) is 7.04. The maximum atomic E-state index is 4.47. The third-order valence-corrected chi connectivity index (χ3v) is 9.64. The predicted molar refractivity (Wildman–Crippen MR) is 207 cm³/mol. The van der Waals surface area contributed by atoms with Gasteiger partial charge in [0.25, 0.3) is 0 Å². The second-order valence-electron chi connectivity index (χ2n) is 12.7. The minimum Gasteiger partial charge on any atom is -0.363 e. The molecule has 4 aromatic rings. The number of hydrogen-bond acceptors (Lipinski definition) is 1. The largest absolute Gasteiger partial charge is 0.363 e. The van der Waals surface area contributed by atoms with Crippen molar-refractivity contribution in [3.05, 3.63) is 198 Å². The zero-order valence-corrected chi connectivity index (χ0v) is 27.9. The van der Waals surface area contributed by atoms with E-state index in [4.69, 9.17) is 0 Å². The molecule has 7 rings (SSSR count). The van der Waals surface area contributed by atoms with Crippen molar-refractivity contribution in [3.8, 4) is 22.3 Å². The summed E-state index contributed by atoms with van der Waals surface area (Å²) in [5.41, 5.74) is 20.6. The van der Waals surface area contributed by atoms with Gasteiger partial charge < -0.3 is 4.90 Å². The maximum Gasteiger partial charge on any atom is 0.0792 e. The lowest BCUT2D eigenvalue weighted by molar-refractivity contribution is 0.453. The van der Waals surface area contributed by atoms with Gasteiger partial charge in [-0.05, 0) is 116 Å². The van der Waals surface area contributed by atoms with E-state index in [-0.39, 0.29) is 6.04 Å². The Morgan fingerprint density at radius 2 is 1.50 bits per heavy atom. The highest BCUT2D eigenvalue weighted by Gasteiger charge is 2.26. The van der Waals surface area contributed by atoms with E-state index in [9.17, 15) is 0 Å². The third-order valence-electron chi connectivity index (χ3n) is 9.64. The number of allylic oxidation sites excluding steroid dienone is 9. The molecule has 0 amide bonds. The van der Waals surface area contributed by atoms with Crippen LogP contribution < -0.4 is 0 Å². The molecule has 3 aliphatic carbocycles. The molecule has 0 aliphatic heterocycles. The summed E-state index contributed by atoms with van der Waals surface area (Å²) in [6, 6.07) is 35.4. The summed E-state index contributed by atoms with van der Waals surface area (Å²) in [5, 5.41) is 0.